The van der Waals surface area contributed by atoms with E-state index in [9.17, 15) is 4.79 Å². The number of rotatable bonds is 4. The van der Waals surface area contributed by atoms with E-state index in [1.807, 2.05) is 19.9 Å². The molecule has 0 fully saturated rings. The average molecular weight is 218 g/mol. The number of nitrogens with zero attached hydrogens (tertiary/aromatic N) is 1. The van der Waals surface area contributed by atoms with Gasteiger partial charge in [-0.15, -0.1) is 6.58 Å². The number of carbonyl (C=O) groups is 1. The van der Waals surface area contributed by atoms with Crippen LogP contribution in [0.2, 0.25) is 0 Å². The highest BCUT2D eigenvalue weighted by molar-refractivity contribution is 5.96. The second kappa shape index (κ2) is 5.35. The first-order valence-corrected chi connectivity index (χ1v) is 5.36. The maximum Gasteiger partial charge on any atom is 0.254 e. The summed E-state index contributed by atoms with van der Waals surface area (Å²) in [5, 5.41) is 0. The van der Waals surface area contributed by atoms with Gasteiger partial charge in [0.1, 0.15) is 0 Å². The van der Waals surface area contributed by atoms with Gasteiger partial charge in [-0.05, 0) is 31.5 Å². The molecule has 1 aromatic rings. The molecule has 86 valence electrons. The van der Waals surface area contributed by atoms with Crippen LogP contribution in [-0.4, -0.2) is 23.9 Å². The van der Waals surface area contributed by atoms with Gasteiger partial charge in [-0.1, -0.05) is 12.1 Å². The molecule has 0 aromatic heterocycles. The van der Waals surface area contributed by atoms with Crippen LogP contribution < -0.4 is 5.73 Å². The molecule has 0 atom stereocenters. The van der Waals surface area contributed by atoms with E-state index in [0.29, 0.717) is 24.3 Å². The Morgan fingerprint density at radius 1 is 1.56 bits per heavy atom. The Morgan fingerprint density at radius 2 is 2.25 bits per heavy atom. The fourth-order valence-electron chi connectivity index (χ4n) is 1.55. The lowest BCUT2D eigenvalue weighted by Gasteiger charge is -2.20. The van der Waals surface area contributed by atoms with Crippen molar-refractivity contribution in [2.24, 2.45) is 0 Å². The highest BCUT2D eigenvalue weighted by Crippen LogP contribution is 2.15. The summed E-state index contributed by atoms with van der Waals surface area (Å²) < 4.78 is 0. The first kappa shape index (κ1) is 12.3. The maximum absolute atomic E-state index is 12.2. The van der Waals surface area contributed by atoms with Gasteiger partial charge >= 0.3 is 0 Å². The predicted octanol–water partition coefficient (Wildman–Crippen LogP) is 2.23. The molecule has 2 N–H and O–H groups in total. The zero-order valence-corrected chi connectivity index (χ0v) is 9.86. The third-order valence-electron chi connectivity index (χ3n) is 2.51. The molecule has 1 rings (SSSR count). The van der Waals surface area contributed by atoms with Gasteiger partial charge in [0, 0.05) is 24.3 Å². The van der Waals surface area contributed by atoms with Crippen molar-refractivity contribution in [1.29, 1.82) is 0 Å². The van der Waals surface area contributed by atoms with Crippen molar-refractivity contribution in [3.05, 3.63) is 42.0 Å². The number of benzene rings is 1. The largest absolute Gasteiger partial charge is 0.399 e. The van der Waals surface area contributed by atoms with Crippen LogP contribution in [0.5, 0.6) is 0 Å². The third-order valence-corrected chi connectivity index (χ3v) is 2.51. The minimum Gasteiger partial charge on any atom is -0.399 e. The molecular weight excluding hydrogens is 200 g/mol. The number of amides is 1. The molecule has 0 aliphatic heterocycles. The molecule has 0 spiro atoms. The summed E-state index contributed by atoms with van der Waals surface area (Å²) >= 11 is 0. The summed E-state index contributed by atoms with van der Waals surface area (Å²) in [7, 11) is 0. The average Bonchev–Trinajstić information content (AvgIpc) is 2.28. The minimum absolute atomic E-state index is 0.00667. The molecule has 3 heteroatoms. The van der Waals surface area contributed by atoms with Gasteiger partial charge in [0.25, 0.3) is 5.91 Å². The van der Waals surface area contributed by atoms with E-state index >= 15 is 0 Å². The van der Waals surface area contributed by atoms with E-state index in [1.54, 1.807) is 23.1 Å². The number of likely N-dealkylation sites (N-methyl/N-ethyl adjacent to an activating group) is 1. The number of anilines is 1. The van der Waals surface area contributed by atoms with Crippen LogP contribution in [0, 0.1) is 6.92 Å². The van der Waals surface area contributed by atoms with E-state index in [2.05, 4.69) is 6.58 Å². The molecular formula is C13H18N2O. The molecule has 16 heavy (non-hydrogen) atoms. The monoisotopic (exact) mass is 218 g/mol. The second-order valence-electron chi connectivity index (χ2n) is 3.71. The molecule has 3 nitrogen and oxygen atoms in total. The molecule has 0 heterocycles. The van der Waals surface area contributed by atoms with E-state index in [4.69, 9.17) is 5.73 Å². The van der Waals surface area contributed by atoms with Gasteiger partial charge in [-0.25, -0.2) is 0 Å². The van der Waals surface area contributed by atoms with Crippen LogP contribution >= 0.6 is 0 Å². The summed E-state index contributed by atoms with van der Waals surface area (Å²) in [5.74, 6) is 0.00667. The molecule has 1 aromatic carbocycles. The normalized spacial score (nSPS) is 9.88. The number of hydrogen-bond donors (Lipinski definition) is 1. The number of nitrogen functional groups attached to an aromatic ring is 1. The van der Waals surface area contributed by atoms with Crippen LogP contribution in [0.1, 0.15) is 22.8 Å². The Hall–Kier alpha value is -1.77. The highest BCUT2D eigenvalue weighted by Gasteiger charge is 2.15. The molecule has 0 aliphatic rings. The molecule has 0 aliphatic carbocycles. The Balaban J connectivity index is 3.02. The van der Waals surface area contributed by atoms with Crippen molar-refractivity contribution >= 4 is 11.6 Å². The minimum atomic E-state index is 0.00667. The summed E-state index contributed by atoms with van der Waals surface area (Å²) in [4.78, 5) is 13.9. The number of hydrogen-bond acceptors (Lipinski definition) is 2. The van der Waals surface area contributed by atoms with Gasteiger partial charge in [0.05, 0.1) is 0 Å². The van der Waals surface area contributed by atoms with Crippen LogP contribution in [0.15, 0.2) is 30.9 Å². The van der Waals surface area contributed by atoms with Crippen molar-refractivity contribution in [3.8, 4) is 0 Å². The fourth-order valence-corrected chi connectivity index (χ4v) is 1.55. The summed E-state index contributed by atoms with van der Waals surface area (Å²) in [6, 6.07) is 5.39. The molecule has 0 unspecified atom stereocenters. The van der Waals surface area contributed by atoms with Gasteiger partial charge in [-0.2, -0.15) is 0 Å². The number of carbonyl (C=O) groups excluding carboxylic acids is 1. The maximum atomic E-state index is 12.2. The first-order valence-electron chi connectivity index (χ1n) is 5.36. The lowest BCUT2D eigenvalue weighted by Crippen LogP contribution is -2.31. The Kier molecular flexibility index (Phi) is 4.11. The molecule has 0 bridgehead atoms. The van der Waals surface area contributed by atoms with Crippen LogP contribution in [0.4, 0.5) is 5.69 Å². The van der Waals surface area contributed by atoms with E-state index in [0.717, 1.165) is 5.56 Å². The standard InChI is InChI=1S/C13H18N2O/c1-4-8-15(5-2)13(16)12-9-11(14)7-6-10(12)3/h4,6-7,9H,1,5,8,14H2,2-3H3. The molecule has 1 amide bonds. The van der Waals surface area contributed by atoms with Crippen molar-refractivity contribution in [2.45, 2.75) is 13.8 Å². The van der Waals surface area contributed by atoms with Crippen LogP contribution in [-0.2, 0) is 0 Å². The topological polar surface area (TPSA) is 46.3 Å². The predicted molar refractivity (Wildman–Crippen MR) is 67.4 cm³/mol. The number of nitrogens with two attached hydrogens (primary N) is 1. The first-order chi connectivity index (χ1) is 7.60. The smallest absolute Gasteiger partial charge is 0.254 e. The quantitative estimate of drug-likeness (QED) is 0.622. The third kappa shape index (κ3) is 2.63. The lowest BCUT2D eigenvalue weighted by molar-refractivity contribution is 0.0781. The van der Waals surface area contributed by atoms with Crippen LogP contribution in [0.3, 0.4) is 0 Å². The van der Waals surface area contributed by atoms with Crippen molar-refractivity contribution in [2.75, 3.05) is 18.8 Å². The number of aryl methyl sites for hydroxylation is 1. The lowest BCUT2D eigenvalue weighted by atomic mass is 10.1. The van der Waals surface area contributed by atoms with Crippen molar-refractivity contribution < 1.29 is 4.79 Å². The van der Waals surface area contributed by atoms with Gasteiger partial charge in [0.2, 0.25) is 0 Å². The Morgan fingerprint density at radius 3 is 2.81 bits per heavy atom. The highest BCUT2D eigenvalue weighted by atomic mass is 16.2. The summed E-state index contributed by atoms with van der Waals surface area (Å²) in [5.41, 5.74) is 7.92. The Labute approximate surface area is 96.6 Å². The molecule has 0 saturated carbocycles. The molecule has 0 saturated heterocycles. The van der Waals surface area contributed by atoms with Crippen molar-refractivity contribution in [1.82, 2.24) is 4.90 Å². The zero-order valence-electron chi connectivity index (χ0n) is 9.86. The van der Waals surface area contributed by atoms with Gasteiger partial charge in [0.15, 0.2) is 0 Å². The second-order valence-corrected chi connectivity index (χ2v) is 3.71. The SMILES string of the molecule is C=CCN(CC)C(=O)c1cc(N)ccc1C. The van der Waals surface area contributed by atoms with E-state index < -0.39 is 0 Å². The van der Waals surface area contributed by atoms with Gasteiger partial charge < -0.3 is 10.6 Å². The molecule has 0 radical (unpaired) electrons. The van der Waals surface area contributed by atoms with Gasteiger partial charge in [-0.3, -0.25) is 4.79 Å². The summed E-state index contributed by atoms with van der Waals surface area (Å²) in [6.07, 6.45) is 1.73. The zero-order chi connectivity index (χ0) is 12.1. The van der Waals surface area contributed by atoms with E-state index in [1.165, 1.54) is 0 Å². The summed E-state index contributed by atoms with van der Waals surface area (Å²) in [6.45, 7) is 8.73. The van der Waals surface area contributed by atoms with Crippen molar-refractivity contribution in [3.63, 3.8) is 0 Å². The van der Waals surface area contributed by atoms with Crippen LogP contribution in [0.25, 0.3) is 0 Å². The Bertz CT molecular complexity index is 399. The fraction of sp³-hybridized carbons (Fsp3) is 0.308. The van der Waals surface area contributed by atoms with E-state index in [-0.39, 0.29) is 5.91 Å².